The molecule has 4 aromatic rings. The fourth-order valence-electron chi connectivity index (χ4n) is 4.87. The van der Waals surface area contributed by atoms with Crippen LogP contribution in [0.2, 0.25) is 0 Å². The Morgan fingerprint density at radius 2 is 1.88 bits per heavy atom. The van der Waals surface area contributed by atoms with E-state index >= 15 is 0 Å². The van der Waals surface area contributed by atoms with E-state index in [1.165, 1.54) is 16.8 Å². The molecule has 1 aliphatic rings. The third kappa shape index (κ3) is 5.35. The number of primary amides is 1. The molecule has 1 amide bonds. The van der Waals surface area contributed by atoms with Crippen molar-refractivity contribution in [1.29, 1.82) is 0 Å². The number of aromatic nitrogens is 2. The van der Waals surface area contributed by atoms with Crippen LogP contribution in [0.1, 0.15) is 63.2 Å². The number of aliphatic hydroxyl groups is 1. The van der Waals surface area contributed by atoms with Crippen molar-refractivity contribution in [3.63, 3.8) is 0 Å². The van der Waals surface area contributed by atoms with E-state index in [1.54, 1.807) is 25.3 Å². The number of benzene rings is 3. The summed E-state index contributed by atoms with van der Waals surface area (Å²) in [5.74, 6) is -0.802. The summed E-state index contributed by atoms with van der Waals surface area (Å²) in [5, 5.41) is 15.2. The third-order valence-electron chi connectivity index (χ3n) is 7.04. The van der Waals surface area contributed by atoms with Crippen molar-refractivity contribution in [2.45, 2.75) is 38.0 Å². The van der Waals surface area contributed by atoms with Crippen LogP contribution in [0.25, 0.3) is 16.9 Å². The summed E-state index contributed by atoms with van der Waals surface area (Å²) < 4.78 is 43.6. The number of aliphatic hydroxyl groups excluding tert-OH is 1. The van der Waals surface area contributed by atoms with Gasteiger partial charge in [-0.2, -0.15) is 18.3 Å². The first-order valence-corrected chi connectivity index (χ1v) is 12.8. The topological polar surface area (TPSA) is 120 Å². The van der Waals surface area contributed by atoms with Gasteiger partial charge in [0.2, 0.25) is 5.91 Å². The molecule has 0 radical (unpaired) electrons. The van der Waals surface area contributed by atoms with E-state index in [9.17, 15) is 23.1 Å². The molecular weight excluding hydrogens is 519 g/mol. The van der Waals surface area contributed by atoms with Gasteiger partial charge in [-0.15, -0.1) is 0 Å². The first-order valence-electron chi connectivity index (χ1n) is 12.8. The van der Waals surface area contributed by atoms with Gasteiger partial charge in [0, 0.05) is 39.8 Å². The molecule has 0 bridgehead atoms. The van der Waals surface area contributed by atoms with E-state index < -0.39 is 23.8 Å². The van der Waals surface area contributed by atoms with Crippen molar-refractivity contribution in [3.8, 4) is 16.9 Å². The van der Waals surface area contributed by atoms with Crippen LogP contribution in [-0.2, 0) is 6.18 Å². The first kappa shape index (κ1) is 27.1. The average Bonchev–Trinajstić information content (AvgIpc) is 3.71. The smallest absolute Gasteiger partial charge is 0.398 e. The van der Waals surface area contributed by atoms with Gasteiger partial charge in [0.05, 0.1) is 29.6 Å². The standard InChI is InChI=1S/C30H28F3N5O2/c1-17-27(19-10-11-19)28(37-38(17)25-13-12-20(29(35)40)14-23(25)30(31,32)33)21-8-5-9-24(34)22(21)15-36-16-26(39)18-6-3-2-4-7-18/h2-9,12-15,19,26,39H,10-11,16,34H2,1H3,(H2,35,40)/t26-/m0/s1. The van der Waals surface area contributed by atoms with Crippen LogP contribution < -0.4 is 11.5 Å². The zero-order chi connectivity index (χ0) is 28.6. The van der Waals surface area contributed by atoms with Crippen LogP contribution in [0.3, 0.4) is 0 Å². The number of anilines is 1. The van der Waals surface area contributed by atoms with Crippen molar-refractivity contribution in [2.75, 3.05) is 12.3 Å². The molecule has 0 saturated heterocycles. The number of aliphatic imine (C=N–C) groups is 1. The van der Waals surface area contributed by atoms with Crippen LogP contribution >= 0.6 is 0 Å². The van der Waals surface area contributed by atoms with E-state index in [-0.39, 0.29) is 23.7 Å². The summed E-state index contributed by atoms with van der Waals surface area (Å²) in [5.41, 5.74) is 14.4. The van der Waals surface area contributed by atoms with Gasteiger partial charge in [0.25, 0.3) is 0 Å². The molecule has 40 heavy (non-hydrogen) atoms. The van der Waals surface area contributed by atoms with E-state index in [4.69, 9.17) is 11.5 Å². The number of hydrogen-bond acceptors (Lipinski definition) is 5. The molecule has 1 fully saturated rings. The molecule has 10 heteroatoms. The highest BCUT2D eigenvalue weighted by Crippen LogP contribution is 2.47. The van der Waals surface area contributed by atoms with Crippen LogP contribution in [0, 0.1) is 6.92 Å². The predicted octanol–water partition coefficient (Wildman–Crippen LogP) is 5.58. The number of halogens is 3. The van der Waals surface area contributed by atoms with Crippen LogP contribution in [0.15, 0.2) is 71.7 Å². The minimum Gasteiger partial charge on any atom is -0.398 e. The number of carbonyl (C=O) groups is 1. The number of amides is 1. The van der Waals surface area contributed by atoms with Crippen molar-refractivity contribution in [3.05, 3.63) is 100 Å². The number of hydrogen-bond donors (Lipinski definition) is 3. The predicted molar refractivity (Wildman–Crippen MR) is 148 cm³/mol. The molecule has 0 unspecified atom stereocenters. The molecule has 5 N–H and O–H groups in total. The summed E-state index contributed by atoms with van der Waals surface area (Å²) in [6.07, 6.45) is -2.19. The second-order valence-corrected chi connectivity index (χ2v) is 9.86. The lowest BCUT2D eigenvalue weighted by Gasteiger charge is -2.15. The number of alkyl halides is 3. The van der Waals surface area contributed by atoms with Gasteiger partial charge in [0.1, 0.15) is 0 Å². The zero-order valence-corrected chi connectivity index (χ0v) is 21.7. The molecule has 5 rings (SSSR count). The number of nitrogen functional groups attached to an aromatic ring is 1. The maximum atomic E-state index is 14.1. The van der Waals surface area contributed by atoms with Gasteiger partial charge in [-0.1, -0.05) is 42.5 Å². The number of rotatable bonds is 8. The quantitative estimate of drug-likeness (QED) is 0.197. The maximum absolute atomic E-state index is 14.1. The van der Waals surface area contributed by atoms with Gasteiger partial charge in [-0.05, 0) is 55.5 Å². The fraction of sp³-hybridized carbons (Fsp3) is 0.233. The van der Waals surface area contributed by atoms with E-state index in [1.807, 2.05) is 36.4 Å². The molecule has 0 spiro atoms. The largest absolute Gasteiger partial charge is 0.418 e. The van der Waals surface area contributed by atoms with Crippen LogP contribution in [0.4, 0.5) is 18.9 Å². The molecule has 3 aromatic carbocycles. The highest BCUT2D eigenvalue weighted by molar-refractivity contribution is 5.96. The van der Waals surface area contributed by atoms with Crippen LogP contribution in [-0.4, -0.2) is 33.6 Å². The molecule has 1 heterocycles. The number of nitrogens with two attached hydrogens (primary N) is 2. The average molecular weight is 548 g/mol. The number of nitrogens with zero attached hydrogens (tertiary/aromatic N) is 3. The Morgan fingerprint density at radius 1 is 1.15 bits per heavy atom. The molecule has 1 atom stereocenters. The minimum atomic E-state index is -4.74. The second-order valence-electron chi connectivity index (χ2n) is 9.86. The zero-order valence-electron chi connectivity index (χ0n) is 21.7. The van der Waals surface area contributed by atoms with E-state index in [0.717, 1.165) is 30.0 Å². The van der Waals surface area contributed by atoms with E-state index in [2.05, 4.69) is 10.1 Å². The summed E-state index contributed by atoms with van der Waals surface area (Å²) in [6.45, 7) is 1.84. The Kier molecular flexibility index (Phi) is 7.20. The molecule has 206 valence electrons. The van der Waals surface area contributed by atoms with Gasteiger partial charge in [0.15, 0.2) is 0 Å². The normalized spacial score (nSPS) is 14.5. The molecule has 7 nitrogen and oxygen atoms in total. The molecule has 0 aliphatic heterocycles. The lowest BCUT2D eigenvalue weighted by Crippen LogP contribution is -2.17. The summed E-state index contributed by atoms with van der Waals surface area (Å²) in [6, 6.07) is 17.7. The fourth-order valence-corrected chi connectivity index (χ4v) is 4.87. The molecule has 1 aliphatic carbocycles. The van der Waals surface area contributed by atoms with Crippen LogP contribution in [0.5, 0.6) is 0 Å². The Hall–Kier alpha value is -4.44. The Labute approximate surface area is 229 Å². The van der Waals surface area contributed by atoms with Gasteiger partial charge >= 0.3 is 6.18 Å². The van der Waals surface area contributed by atoms with Crippen molar-refractivity contribution >= 4 is 17.8 Å². The van der Waals surface area contributed by atoms with Gasteiger partial charge in [-0.3, -0.25) is 9.79 Å². The second kappa shape index (κ2) is 10.6. The summed E-state index contributed by atoms with van der Waals surface area (Å²) in [7, 11) is 0. The highest BCUT2D eigenvalue weighted by atomic mass is 19.4. The number of carbonyl (C=O) groups excluding carboxylic acids is 1. The Morgan fingerprint density at radius 3 is 2.52 bits per heavy atom. The lowest BCUT2D eigenvalue weighted by molar-refractivity contribution is -0.137. The lowest BCUT2D eigenvalue weighted by atomic mass is 9.97. The first-order chi connectivity index (χ1) is 19.1. The van der Waals surface area contributed by atoms with Gasteiger partial charge < -0.3 is 16.6 Å². The third-order valence-corrected chi connectivity index (χ3v) is 7.04. The highest BCUT2D eigenvalue weighted by Gasteiger charge is 2.37. The minimum absolute atomic E-state index is 0.0991. The SMILES string of the molecule is Cc1c(C2CC2)c(-c2cccc(N)c2C=NC[C@H](O)c2ccccc2)nn1-c1ccc(C(N)=O)cc1C(F)(F)F. The monoisotopic (exact) mass is 547 g/mol. The summed E-state index contributed by atoms with van der Waals surface area (Å²) in [4.78, 5) is 16.0. The molecule has 1 saturated carbocycles. The Bertz CT molecular complexity index is 1590. The van der Waals surface area contributed by atoms with Gasteiger partial charge in [-0.25, -0.2) is 4.68 Å². The Balaban J connectivity index is 1.60. The van der Waals surface area contributed by atoms with E-state index in [0.29, 0.717) is 28.2 Å². The molecular formula is C30H28F3N5O2. The van der Waals surface area contributed by atoms with Crippen molar-refractivity contribution in [1.82, 2.24) is 9.78 Å². The van der Waals surface area contributed by atoms with Crippen molar-refractivity contribution in [2.24, 2.45) is 10.7 Å². The summed E-state index contributed by atoms with van der Waals surface area (Å²) >= 11 is 0. The van der Waals surface area contributed by atoms with Crippen molar-refractivity contribution < 1.29 is 23.1 Å². The maximum Gasteiger partial charge on any atom is 0.418 e. The molecule has 1 aromatic heterocycles.